The summed E-state index contributed by atoms with van der Waals surface area (Å²) in [5.41, 5.74) is 2.17. The van der Waals surface area contributed by atoms with Crippen LogP contribution in [0.25, 0.3) is 0 Å². The molecule has 0 spiro atoms. The van der Waals surface area contributed by atoms with Crippen molar-refractivity contribution in [2.24, 2.45) is 0 Å². The van der Waals surface area contributed by atoms with Crippen LogP contribution >= 0.6 is 0 Å². The zero-order valence-corrected chi connectivity index (χ0v) is 18.6. The van der Waals surface area contributed by atoms with Crippen molar-refractivity contribution in [3.63, 3.8) is 0 Å². The molecule has 0 atom stereocenters. The van der Waals surface area contributed by atoms with Crippen LogP contribution < -0.4 is 5.32 Å². The van der Waals surface area contributed by atoms with Crippen LogP contribution in [-0.2, 0) is 13.0 Å². The molecule has 1 aromatic heterocycles. The summed E-state index contributed by atoms with van der Waals surface area (Å²) in [4.78, 5) is 31.0. The number of rotatable bonds is 13. The summed E-state index contributed by atoms with van der Waals surface area (Å²) in [5, 5.41) is 2.77. The second-order valence-electron chi connectivity index (χ2n) is 7.62. The molecule has 0 aliphatic heterocycles. The van der Waals surface area contributed by atoms with E-state index >= 15 is 0 Å². The number of oxazole rings is 1. The lowest BCUT2D eigenvalue weighted by molar-refractivity contribution is 0.0728. The number of unbranched alkanes of at least 4 members (excludes halogenated alkanes) is 3. The van der Waals surface area contributed by atoms with Gasteiger partial charge in [-0.2, -0.15) is 0 Å². The van der Waals surface area contributed by atoms with Gasteiger partial charge in [0.15, 0.2) is 5.69 Å². The van der Waals surface area contributed by atoms with Crippen LogP contribution in [0.5, 0.6) is 0 Å². The Kier molecular flexibility index (Phi) is 10.1. The molecule has 2 rings (SSSR count). The number of carbonyl (C=O) groups is 2. The average molecular weight is 414 g/mol. The highest BCUT2D eigenvalue weighted by Gasteiger charge is 2.19. The molecule has 6 heteroatoms. The molecule has 0 radical (unpaired) electrons. The number of nitrogens with one attached hydrogen (secondary N) is 1. The maximum absolute atomic E-state index is 13.0. The molecule has 0 saturated heterocycles. The van der Waals surface area contributed by atoms with Gasteiger partial charge in [0.05, 0.1) is 6.54 Å². The van der Waals surface area contributed by atoms with Crippen molar-refractivity contribution in [3.05, 3.63) is 53.2 Å². The maximum Gasteiger partial charge on any atom is 0.273 e. The first-order chi connectivity index (χ1) is 14.6. The van der Waals surface area contributed by atoms with E-state index in [1.165, 1.54) is 37.5 Å². The van der Waals surface area contributed by atoms with Gasteiger partial charge < -0.3 is 14.6 Å². The Hall–Kier alpha value is -2.63. The van der Waals surface area contributed by atoms with E-state index in [2.05, 4.69) is 17.2 Å². The van der Waals surface area contributed by atoms with Gasteiger partial charge in [-0.1, -0.05) is 52.2 Å². The van der Waals surface area contributed by atoms with Crippen molar-refractivity contribution in [3.8, 4) is 0 Å². The monoisotopic (exact) mass is 413 g/mol. The van der Waals surface area contributed by atoms with Crippen LogP contribution in [0, 0.1) is 0 Å². The maximum atomic E-state index is 13.0. The number of benzene rings is 1. The van der Waals surface area contributed by atoms with Crippen molar-refractivity contribution < 1.29 is 14.0 Å². The van der Waals surface area contributed by atoms with E-state index in [-0.39, 0.29) is 24.1 Å². The molecule has 0 aliphatic carbocycles. The summed E-state index contributed by atoms with van der Waals surface area (Å²) in [6, 6.07) is 7.90. The predicted molar refractivity (Wildman–Crippen MR) is 118 cm³/mol. The Morgan fingerprint density at radius 2 is 1.77 bits per heavy atom. The van der Waals surface area contributed by atoms with Gasteiger partial charge in [-0.3, -0.25) is 9.59 Å². The fourth-order valence-electron chi connectivity index (χ4n) is 3.25. The number of carbonyl (C=O) groups excluding carboxylic acids is 2. The van der Waals surface area contributed by atoms with Crippen molar-refractivity contribution >= 4 is 11.8 Å². The van der Waals surface area contributed by atoms with Gasteiger partial charge >= 0.3 is 0 Å². The van der Waals surface area contributed by atoms with Gasteiger partial charge in [0.2, 0.25) is 5.89 Å². The van der Waals surface area contributed by atoms with Gasteiger partial charge in [-0.15, -0.1) is 0 Å². The molecule has 0 saturated carbocycles. The van der Waals surface area contributed by atoms with Crippen LogP contribution in [0.4, 0.5) is 0 Å². The topological polar surface area (TPSA) is 75.4 Å². The molecule has 2 aromatic rings. The number of hydrogen-bond donors (Lipinski definition) is 1. The van der Waals surface area contributed by atoms with Crippen molar-refractivity contribution in [2.75, 3.05) is 13.1 Å². The molecule has 2 amide bonds. The van der Waals surface area contributed by atoms with Crippen molar-refractivity contribution in [1.82, 2.24) is 15.2 Å². The minimum Gasteiger partial charge on any atom is -0.446 e. The zero-order valence-electron chi connectivity index (χ0n) is 18.6. The average Bonchev–Trinajstić information content (AvgIpc) is 3.23. The predicted octanol–water partition coefficient (Wildman–Crippen LogP) is 4.99. The van der Waals surface area contributed by atoms with Gasteiger partial charge in [0, 0.05) is 18.7 Å². The molecule has 0 fully saturated rings. The van der Waals surface area contributed by atoms with Crippen molar-refractivity contribution in [2.45, 2.75) is 72.3 Å². The molecule has 1 N–H and O–H groups in total. The molecule has 1 heterocycles. The van der Waals surface area contributed by atoms with Crippen LogP contribution in [-0.4, -0.2) is 34.8 Å². The third-order valence-corrected chi connectivity index (χ3v) is 4.95. The Labute approximate surface area is 180 Å². The summed E-state index contributed by atoms with van der Waals surface area (Å²) in [7, 11) is 0. The standard InChI is InChI=1S/C24H35N3O3/c1-4-7-8-9-10-19-11-13-20(14-12-19)24(29)27(16-6-3)17-22-26-21(18-30-22)23(28)25-15-5-2/h11-14,18H,4-10,15-17H2,1-3H3,(H,25,28). The second-order valence-corrected chi connectivity index (χ2v) is 7.62. The zero-order chi connectivity index (χ0) is 21.8. The van der Waals surface area contributed by atoms with E-state index in [0.717, 1.165) is 19.3 Å². The smallest absolute Gasteiger partial charge is 0.273 e. The lowest BCUT2D eigenvalue weighted by Gasteiger charge is -2.20. The first-order valence-corrected chi connectivity index (χ1v) is 11.2. The highest BCUT2D eigenvalue weighted by atomic mass is 16.3. The second kappa shape index (κ2) is 12.8. The Balaban J connectivity index is 1.99. The lowest BCUT2D eigenvalue weighted by atomic mass is 10.0. The third kappa shape index (κ3) is 7.32. The fourth-order valence-corrected chi connectivity index (χ4v) is 3.25. The Bertz CT molecular complexity index is 783. The Morgan fingerprint density at radius 3 is 2.43 bits per heavy atom. The summed E-state index contributed by atoms with van der Waals surface area (Å²) in [6.45, 7) is 7.66. The highest BCUT2D eigenvalue weighted by molar-refractivity contribution is 5.94. The first kappa shape index (κ1) is 23.6. The molecule has 6 nitrogen and oxygen atoms in total. The normalized spacial score (nSPS) is 10.8. The number of hydrogen-bond acceptors (Lipinski definition) is 4. The van der Waals surface area contributed by atoms with Crippen LogP contribution in [0.3, 0.4) is 0 Å². The molecule has 0 aliphatic rings. The molecule has 0 bridgehead atoms. The number of amides is 2. The molecule has 30 heavy (non-hydrogen) atoms. The van der Waals surface area contributed by atoms with Gasteiger partial charge in [0.1, 0.15) is 6.26 Å². The lowest BCUT2D eigenvalue weighted by Crippen LogP contribution is -2.31. The van der Waals surface area contributed by atoms with Gasteiger partial charge in [-0.05, 0) is 43.4 Å². The minimum atomic E-state index is -0.255. The number of aryl methyl sites for hydroxylation is 1. The van der Waals surface area contributed by atoms with E-state index < -0.39 is 0 Å². The fraction of sp³-hybridized carbons (Fsp3) is 0.542. The molecular weight excluding hydrogens is 378 g/mol. The van der Waals surface area contributed by atoms with Crippen LogP contribution in [0.2, 0.25) is 0 Å². The van der Waals surface area contributed by atoms with Crippen LogP contribution in [0.1, 0.15) is 91.6 Å². The summed E-state index contributed by atoms with van der Waals surface area (Å²) in [6.07, 6.45) is 9.01. The molecular formula is C24H35N3O3. The molecule has 164 valence electrons. The third-order valence-electron chi connectivity index (χ3n) is 4.95. The van der Waals surface area contributed by atoms with E-state index in [9.17, 15) is 9.59 Å². The van der Waals surface area contributed by atoms with E-state index in [0.29, 0.717) is 24.5 Å². The largest absolute Gasteiger partial charge is 0.446 e. The quantitative estimate of drug-likeness (QED) is 0.469. The summed E-state index contributed by atoms with van der Waals surface area (Å²) < 4.78 is 5.45. The van der Waals surface area contributed by atoms with E-state index in [1.54, 1.807) is 4.90 Å². The summed E-state index contributed by atoms with van der Waals surface area (Å²) in [5.74, 6) is 0.0605. The molecule has 1 aromatic carbocycles. The first-order valence-electron chi connectivity index (χ1n) is 11.2. The SMILES string of the molecule is CCCCCCc1ccc(C(=O)N(CCC)Cc2nc(C(=O)NCCC)co2)cc1. The molecule has 0 unspecified atom stereocenters. The number of aromatic nitrogens is 1. The van der Waals surface area contributed by atoms with Gasteiger partial charge in [-0.25, -0.2) is 4.98 Å². The van der Waals surface area contributed by atoms with Crippen LogP contribution in [0.15, 0.2) is 34.9 Å². The highest BCUT2D eigenvalue weighted by Crippen LogP contribution is 2.14. The Morgan fingerprint density at radius 1 is 1.00 bits per heavy atom. The summed E-state index contributed by atoms with van der Waals surface area (Å²) >= 11 is 0. The number of nitrogens with zero attached hydrogens (tertiary/aromatic N) is 2. The van der Waals surface area contributed by atoms with E-state index in [1.807, 2.05) is 38.1 Å². The van der Waals surface area contributed by atoms with E-state index in [4.69, 9.17) is 4.42 Å². The van der Waals surface area contributed by atoms with Crippen molar-refractivity contribution in [1.29, 1.82) is 0 Å². The minimum absolute atomic E-state index is 0.0513. The van der Waals surface area contributed by atoms with Gasteiger partial charge in [0.25, 0.3) is 11.8 Å².